The molecular formula is C14H31N. The Bertz CT molecular complexity index is 141. The monoisotopic (exact) mass is 213 g/mol. The minimum atomic E-state index is 0.414. The minimum absolute atomic E-state index is 0.414. The van der Waals surface area contributed by atoms with Gasteiger partial charge in [0.1, 0.15) is 0 Å². The second-order valence-corrected chi connectivity index (χ2v) is 5.28. The van der Waals surface area contributed by atoms with Gasteiger partial charge in [0, 0.05) is 18.6 Å². The van der Waals surface area contributed by atoms with Crippen molar-refractivity contribution in [3.63, 3.8) is 0 Å². The smallest absolute Gasteiger partial charge is 0.0125 e. The van der Waals surface area contributed by atoms with E-state index in [-0.39, 0.29) is 0 Å². The summed E-state index contributed by atoms with van der Waals surface area (Å²) in [5.41, 5.74) is 0.414. The van der Waals surface area contributed by atoms with Gasteiger partial charge in [0.2, 0.25) is 0 Å². The molecule has 0 N–H and O–H groups in total. The van der Waals surface area contributed by atoms with Crippen LogP contribution in [0.4, 0.5) is 0 Å². The summed E-state index contributed by atoms with van der Waals surface area (Å²) >= 11 is 0. The molecule has 3 fully saturated rings. The summed E-state index contributed by atoms with van der Waals surface area (Å²) in [6.45, 7) is 17.7. The zero-order chi connectivity index (χ0) is 12.1. The molecule has 2 bridgehead atoms. The third-order valence-electron chi connectivity index (χ3n) is 3.24. The van der Waals surface area contributed by atoms with E-state index in [4.69, 9.17) is 0 Å². The molecule has 92 valence electrons. The average Bonchev–Trinajstić information content (AvgIpc) is 2.22. The quantitative estimate of drug-likeness (QED) is 0.583. The van der Waals surface area contributed by atoms with E-state index in [2.05, 4.69) is 25.7 Å². The van der Waals surface area contributed by atoms with Crippen molar-refractivity contribution in [3.05, 3.63) is 0 Å². The van der Waals surface area contributed by atoms with Crippen LogP contribution in [0.25, 0.3) is 0 Å². The first-order valence-corrected chi connectivity index (χ1v) is 6.81. The van der Waals surface area contributed by atoms with Crippen LogP contribution in [-0.2, 0) is 0 Å². The molecule has 0 unspecified atom stereocenters. The molecular weight excluding hydrogens is 182 g/mol. The summed E-state index contributed by atoms with van der Waals surface area (Å²) in [4.78, 5) is 2.65. The van der Waals surface area contributed by atoms with Gasteiger partial charge >= 0.3 is 0 Å². The first kappa shape index (κ1) is 15.0. The third-order valence-corrected chi connectivity index (χ3v) is 3.24. The van der Waals surface area contributed by atoms with Crippen LogP contribution >= 0.6 is 0 Å². The third kappa shape index (κ3) is 4.14. The molecule has 1 heteroatoms. The molecule has 0 atom stereocenters. The first-order valence-electron chi connectivity index (χ1n) is 6.81. The van der Waals surface area contributed by atoms with E-state index in [0.29, 0.717) is 5.54 Å². The molecule has 0 amide bonds. The highest BCUT2D eigenvalue weighted by Crippen LogP contribution is 2.41. The van der Waals surface area contributed by atoms with E-state index >= 15 is 0 Å². The molecule has 2 saturated heterocycles. The number of hydrogen-bond acceptors (Lipinski definition) is 1. The fourth-order valence-electron chi connectivity index (χ4n) is 2.42. The highest BCUT2D eigenvalue weighted by molar-refractivity contribution is 4.93. The van der Waals surface area contributed by atoms with Gasteiger partial charge in [-0.1, -0.05) is 27.7 Å². The zero-order valence-corrected chi connectivity index (χ0v) is 11.9. The summed E-state index contributed by atoms with van der Waals surface area (Å²) in [6.07, 6.45) is 3.04. The van der Waals surface area contributed by atoms with Gasteiger partial charge in [-0.05, 0) is 45.4 Å². The summed E-state index contributed by atoms with van der Waals surface area (Å²) in [5.74, 6) is 2.10. The van der Waals surface area contributed by atoms with Crippen molar-refractivity contribution in [2.24, 2.45) is 11.8 Å². The predicted molar refractivity (Wildman–Crippen MR) is 70.2 cm³/mol. The van der Waals surface area contributed by atoms with Crippen molar-refractivity contribution in [3.8, 4) is 0 Å². The molecule has 0 radical (unpaired) electrons. The highest BCUT2D eigenvalue weighted by Gasteiger charge is 2.40. The molecule has 0 spiro atoms. The maximum Gasteiger partial charge on any atom is 0.0125 e. The Labute approximate surface area is 97.2 Å². The maximum atomic E-state index is 2.65. The molecule has 1 nitrogen and oxygen atoms in total. The lowest BCUT2D eigenvalue weighted by atomic mass is 9.70. The Morgan fingerprint density at radius 2 is 1.13 bits per heavy atom. The van der Waals surface area contributed by atoms with Gasteiger partial charge in [0.25, 0.3) is 0 Å². The molecule has 3 rings (SSSR count). The summed E-state index contributed by atoms with van der Waals surface area (Å²) < 4.78 is 0. The summed E-state index contributed by atoms with van der Waals surface area (Å²) in [5, 5.41) is 0. The van der Waals surface area contributed by atoms with Gasteiger partial charge in [-0.15, -0.1) is 0 Å². The number of rotatable bonds is 0. The van der Waals surface area contributed by atoms with Gasteiger partial charge in [-0.2, -0.15) is 0 Å². The Morgan fingerprint density at radius 1 is 0.800 bits per heavy atom. The van der Waals surface area contributed by atoms with Crippen molar-refractivity contribution >= 4 is 0 Å². The fourth-order valence-corrected chi connectivity index (χ4v) is 2.42. The lowest BCUT2D eigenvalue weighted by Gasteiger charge is -2.52. The average molecular weight is 213 g/mol. The SMILES string of the molecule is CC.CC.CC(C)(C)N1CC2CC(C2)C1. The second-order valence-electron chi connectivity index (χ2n) is 5.28. The van der Waals surface area contributed by atoms with Crippen LogP contribution in [0.5, 0.6) is 0 Å². The molecule has 0 aromatic rings. The Morgan fingerprint density at radius 3 is 1.33 bits per heavy atom. The molecule has 15 heavy (non-hydrogen) atoms. The fraction of sp³-hybridized carbons (Fsp3) is 1.00. The van der Waals surface area contributed by atoms with Crippen LogP contribution in [0.1, 0.15) is 61.3 Å². The Balaban J connectivity index is 0.000000442. The van der Waals surface area contributed by atoms with Gasteiger partial charge in [-0.3, -0.25) is 4.90 Å². The topological polar surface area (TPSA) is 3.24 Å². The molecule has 1 aliphatic carbocycles. The Kier molecular flexibility index (Phi) is 6.51. The van der Waals surface area contributed by atoms with Gasteiger partial charge in [0.15, 0.2) is 0 Å². The maximum absolute atomic E-state index is 2.65. The van der Waals surface area contributed by atoms with Crippen LogP contribution in [0, 0.1) is 11.8 Å². The van der Waals surface area contributed by atoms with Crippen LogP contribution in [0.2, 0.25) is 0 Å². The number of hydrogen-bond donors (Lipinski definition) is 0. The molecule has 0 aromatic carbocycles. The van der Waals surface area contributed by atoms with Crippen molar-refractivity contribution < 1.29 is 0 Å². The van der Waals surface area contributed by atoms with Crippen LogP contribution in [-0.4, -0.2) is 23.5 Å². The van der Waals surface area contributed by atoms with Crippen molar-refractivity contribution in [1.29, 1.82) is 0 Å². The first-order chi connectivity index (χ1) is 7.05. The van der Waals surface area contributed by atoms with Crippen molar-refractivity contribution in [2.45, 2.75) is 66.8 Å². The molecule has 0 aromatic heterocycles. The van der Waals surface area contributed by atoms with Crippen LogP contribution < -0.4 is 0 Å². The van der Waals surface area contributed by atoms with E-state index in [0.717, 1.165) is 11.8 Å². The molecule has 2 aliphatic heterocycles. The largest absolute Gasteiger partial charge is 0.298 e. The normalized spacial score (nSPS) is 29.0. The number of nitrogens with zero attached hydrogens (tertiary/aromatic N) is 1. The van der Waals surface area contributed by atoms with E-state index in [1.54, 1.807) is 0 Å². The van der Waals surface area contributed by atoms with E-state index in [1.807, 2.05) is 27.7 Å². The van der Waals surface area contributed by atoms with E-state index in [9.17, 15) is 0 Å². The minimum Gasteiger partial charge on any atom is -0.298 e. The van der Waals surface area contributed by atoms with Crippen LogP contribution in [0.15, 0.2) is 0 Å². The standard InChI is InChI=1S/C10H19N.2C2H6/c1-10(2,3)11-6-8-4-9(5-8)7-11;2*1-2/h8-9H,4-7H2,1-3H3;2*1-2H3. The molecule has 3 aliphatic rings. The van der Waals surface area contributed by atoms with Gasteiger partial charge in [-0.25, -0.2) is 0 Å². The molecule has 2 heterocycles. The lowest BCUT2D eigenvalue weighted by Crippen LogP contribution is -2.55. The Hall–Kier alpha value is -0.0400. The van der Waals surface area contributed by atoms with Crippen molar-refractivity contribution in [2.75, 3.05) is 13.1 Å². The lowest BCUT2D eigenvalue weighted by molar-refractivity contribution is -0.0225. The van der Waals surface area contributed by atoms with Gasteiger partial charge in [0.05, 0.1) is 0 Å². The zero-order valence-electron chi connectivity index (χ0n) is 11.9. The van der Waals surface area contributed by atoms with E-state index in [1.165, 1.54) is 25.9 Å². The van der Waals surface area contributed by atoms with Crippen LogP contribution in [0.3, 0.4) is 0 Å². The number of piperidine rings is 2. The van der Waals surface area contributed by atoms with Gasteiger partial charge < -0.3 is 0 Å². The summed E-state index contributed by atoms with van der Waals surface area (Å²) in [7, 11) is 0. The highest BCUT2D eigenvalue weighted by atomic mass is 15.2. The van der Waals surface area contributed by atoms with Crippen molar-refractivity contribution in [1.82, 2.24) is 4.90 Å². The number of fused-ring (bicyclic) bond motifs is 2. The molecule has 1 saturated carbocycles. The second kappa shape index (κ2) is 6.52. The summed E-state index contributed by atoms with van der Waals surface area (Å²) in [6, 6.07) is 0. The van der Waals surface area contributed by atoms with E-state index < -0.39 is 0 Å². The predicted octanol–water partition coefficient (Wildman–Crippen LogP) is 4.18.